The number of halogens is 1. The molecule has 1 aromatic heterocycles. The van der Waals surface area contributed by atoms with Crippen molar-refractivity contribution in [3.05, 3.63) is 64.9 Å². The van der Waals surface area contributed by atoms with Crippen LogP contribution in [0.5, 0.6) is 5.75 Å². The summed E-state index contributed by atoms with van der Waals surface area (Å²) in [4.78, 5) is 0. The number of hydrogen-bond donors (Lipinski definition) is 1. The fourth-order valence-electron chi connectivity index (χ4n) is 3.03. The molecule has 0 atom stereocenters. The van der Waals surface area contributed by atoms with Crippen LogP contribution in [0.4, 0.5) is 0 Å². The molecule has 0 amide bonds. The molecule has 0 unspecified atom stereocenters. The van der Waals surface area contributed by atoms with Crippen LogP contribution in [0.3, 0.4) is 0 Å². The summed E-state index contributed by atoms with van der Waals surface area (Å²) in [5.74, 6) is 1.93. The molecule has 0 spiro atoms. The number of hydrogen-bond acceptors (Lipinski definition) is 2. The zero-order chi connectivity index (χ0) is 16.2. The SMILES string of the molecule is CCc1ccc2oc(Cc3cccc(OC)c3)c(CC[NH3+])c2c1.[Cl-]. The van der Waals surface area contributed by atoms with Crippen LogP contribution < -0.4 is 22.9 Å². The second-order valence-electron chi connectivity index (χ2n) is 5.82. The average Bonchev–Trinajstić information content (AvgIpc) is 2.92. The van der Waals surface area contributed by atoms with E-state index in [1.54, 1.807) is 7.11 Å². The first kappa shape index (κ1) is 18.4. The van der Waals surface area contributed by atoms with E-state index in [1.165, 1.54) is 22.1 Å². The molecule has 0 aliphatic carbocycles. The van der Waals surface area contributed by atoms with Crippen molar-refractivity contribution in [3.63, 3.8) is 0 Å². The van der Waals surface area contributed by atoms with Gasteiger partial charge in [0, 0.05) is 23.8 Å². The maximum absolute atomic E-state index is 6.16. The number of furan rings is 1. The second kappa shape index (κ2) is 8.22. The molecule has 0 saturated heterocycles. The molecular weight excluding hydrogens is 322 g/mol. The summed E-state index contributed by atoms with van der Waals surface area (Å²) in [5, 5.41) is 1.24. The van der Waals surface area contributed by atoms with Gasteiger partial charge in [0.05, 0.1) is 13.7 Å². The van der Waals surface area contributed by atoms with E-state index in [-0.39, 0.29) is 12.4 Å². The van der Waals surface area contributed by atoms with Crippen molar-refractivity contribution in [1.82, 2.24) is 0 Å². The van der Waals surface area contributed by atoms with Gasteiger partial charge in [0.25, 0.3) is 0 Å². The summed E-state index contributed by atoms with van der Waals surface area (Å²) in [6.45, 7) is 3.05. The number of benzene rings is 2. The van der Waals surface area contributed by atoms with Crippen LogP contribution in [0.1, 0.15) is 29.4 Å². The quantitative estimate of drug-likeness (QED) is 0.702. The number of rotatable bonds is 6. The molecule has 24 heavy (non-hydrogen) atoms. The number of ether oxygens (including phenoxy) is 1. The molecule has 0 bridgehead atoms. The van der Waals surface area contributed by atoms with E-state index in [0.717, 1.165) is 42.9 Å². The van der Waals surface area contributed by atoms with Crippen LogP contribution in [-0.2, 0) is 19.3 Å². The summed E-state index contributed by atoms with van der Waals surface area (Å²) in [5.41, 5.74) is 8.84. The summed E-state index contributed by atoms with van der Waals surface area (Å²) in [6, 6.07) is 14.7. The Balaban J connectivity index is 0.00000208. The third kappa shape index (κ3) is 3.74. The lowest BCUT2D eigenvalue weighted by Crippen LogP contribution is -3.00. The zero-order valence-electron chi connectivity index (χ0n) is 14.3. The van der Waals surface area contributed by atoms with Crippen molar-refractivity contribution in [2.75, 3.05) is 13.7 Å². The molecule has 0 aliphatic heterocycles. The fourth-order valence-corrected chi connectivity index (χ4v) is 3.03. The van der Waals surface area contributed by atoms with Gasteiger partial charge in [-0.25, -0.2) is 0 Å². The third-order valence-corrected chi connectivity index (χ3v) is 4.27. The van der Waals surface area contributed by atoms with Crippen LogP contribution in [0, 0.1) is 0 Å². The maximum Gasteiger partial charge on any atom is 0.134 e. The lowest BCUT2D eigenvalue weighted by molar-refractivity contribution is -0.366. The van der Waals surface area contributed by atoms with Gasteiger partial charge < -0.3 is 27.3 Å². The molecule has 4 heteroatoms. The van der Waals surface area contributed by atoms with Crippen molar-refractivity contribution >= 4 is 11.0 Å². The summed E-state index contributed by atoms with van der Waals surface area (Å²) < 4.78 is 11.5. The molecule has 3 nitrogen and oxygen atoms in total. The van der Waals surface area contributed by atoms with E-state index >= 15 is 0 Å². The highest BCUT2D eigenvalue weighted by Crippen LogP contribution is 2.29. The molecule has 3 rings (SSSR count). The van der Waals surface area contributed by atoms with Crippen molar-refractivity contribution in [2.45, 2.75) is 26.2 Å². The van der Waals surface area contributed by atoms with Gasteiger partial charge in [0.1, 0.15) is 17.1 Å². The molecule has 3 N–H and O–H groups in total. The average molecular weight is 346 g/mol. The standard InChI is InChI=1S/C20H23NO2.ClH/c1-3-14-7-8-19-18(12-14)17(9-10-21)20(23-19)13-15-5-4-6-16(11-15)22-2;/h4-8,11-12H,3,9-10,13,21H2,1-2H3;1H. The van der Waals surface area contributed by atoms with Crippen LogP contribution in [0.25, 0.3) is 11.0 Å². The molecule has 2 aromatic carbocycles. The van der Waals surface area contributed by atoms with Gasteiger partial charge in [-0.3, -0.25) is 0 Å². The largest absolute Gasteiger partial charge is 1.00 e. The molecule has 128 valence electrons. The van der Waals surface area contributed by atoms with Gasteiger partial charge in [0.2, 0.25) is 0 Å². The van der Waals surface area contributed by atoms with Gasteiger partial charge in [-0.05, 0) is 41.8 Å². The first-order valence-corrected chi connectivity index (χ1v) is 8.20. The molecule has 0 radical (unpaired) electrons. The molecule has 0 fully saturated rings. The fraction of sp³-hybridized carbons (Fsp3) is 0.300. The molecule has 1 heterocycles. The van der Waals surface area contributed by atoms with E-state index < -0.39 is 0 Å². The van der Waals surface area contributed by atoms with Gasteiger partial charge in [0.15, 0.2) is 0 Å². The number of quaternary nitrogens is 1. The van der Waals surface area contributed by atoms with Gasteiger partial charge >= 0.3 is 0 Å². The Labute approximate surface area is 149 Å². The Morgan fingerprint density at radius 1 is 1.08 bits per heavy atom. The van der Waals surface area contributed by atoms with Crippen molar-refractivity contribution in [3.8, 4) is 5.75 Å². The lowest BCUT2D eigenvalue weighted by Gasteiger charge is -2.04. The van der Waals surface area contributed by atoms with Crippen molar-refractivity contribution in [1.29, 1.82) is 0 Å². The smallest absolute Gasteiger partial charge is 0.134 e. The Bertz CT molecular complexity index is 811. The molecular formula is C20H24ClNO2. The molecule has 0 aliphatic rings. The highest BCUT2D eigenvalue weighted by Gasteiger charge is 2.15. The highest BCUT2D eigenvalue weighted by atomic mass is 35.5. The minimum atomic E-state index is 0. The third-order valence-electron chi connectivity index (χ3n) is 4.27. The van der Waals surface area contributed by atoms with Gasteiger partial charge in [-0.15, -0.1) is 0 Å². The Hall–Kier alpha value is -1.97. The van der Waals surface area contributed by atoms with Crippen LogP contribution in [0.15, 0.2) is 46.9 Å². The summed E-state index contributed by atoms with van der Waals surface area (Å²) in [6.07, 6.45) is 2.76. The number of aryl methyl sites for hydroxylation is 1. The minimum Gasteiger partial charge on any atom is -1.00 e. The van der Waals surface area contributed by atoms with Gasteiger partial charge in [-0.1, -0.05) is 25.1 Å². The lowest BCUT2D eigenvalue weighted by atomic mass is 10.0. The number of fused-ring (bicyclic) bond motifs is 1. The van der Waals surface area contributed by atoms with E-state index in [1.807, 2.05) is 12.1 Å². The minimum absolute atomic E-state index is 0. The molecule has 0 saturated carbocycles. The monoisotopic (exact) mass is 345 g/mol. The van der Waals surface area contributed by atoms with E-state index in [9.17, 15) is 0 Å². The second-order valence-corrected chi connectivity index (χ2v) is 5.82. The Morgan fingerprint density at radius 3 is 2.62 bits per heavy atom. The van der Waals surface area contributed by atoms with Gasteiger partial charge in [-0.2, -0.15) is 0 Å². The predicted octanol–water partition coefficient (Wildman–Crippen LogP) is 0.383. The van der Waals surface area contributed by atoms with Crippen molar-refractivity contribution in [2.24, 2.45) is 0 Å². The van der Waals surface area contributed by atoms with Crippen LogP contribution >= 0.6 is 0 Å². The topological polar surface area (TPSA) is 50.0 Å². The van der Waals surface area contributed by atoms with E-state index in [4.69, 9.17) is 9.15 Å². The number of methoxy groups -OCH3 is 1. The summed E-state index contributed by atoms with van der Waals surface area (Å²) >= 11 is 0. The van der Waals surface area contributed by atoms with Crippen LogP contribution in [-0.4, -0.2) is 13.7 Å². The Kier molecular flexibility index (Phi) is 6.29. The maximum atomic E-state index is 6.16. The van der Waals surface area contributed by atoms with Crippen molar-refractivity contribution < 1.29 is 27.3 Å². The van der Waals surface area contributed by atoms with E-state index in [0.29, 0.717) is 0 Å². The zero-order valence-corrected chi connectivity index (χ0v) is 15.0. The normalized spacial score (nSPS) is 10.6. The van der Waals surface area contributed by atoms with Crippen LogP contribution in [0.2, 0.25) is 0 Å². The molecule has 3 aromatic rings. The van der Waals surface area contributed by atoms with E-state index in [2.05, 4.69) is 43.0 Å². The highest BCUT2D eigenvalue weighted by molar-refractivity contribution is 5.83. The predicted molar refractivity (Wildman–Crippen MR) is 92.9 cm³/mol. The summed E-state index contributed by atoms with van der Waals surface area (Å²) in [7, 11) is 1.70. The first-order valence-electron chi connectivity index (χ1n) is 8.20. The Morgan fingerprint density at radius 2 is 1.92 bits per heavy atom. The first-order chi connectivity index (χ1) is 11.2.